The molecule has 0 radical (unpaired) electrons. The summed E-state index contributed by atoms with van der Waals surface area (Å²) in [5, 5.41) is 0. The summed E-state index contributed by atoms with van der Waals surface area (Å²) in [5.41, 5.74) is 1.24. The molecule has 2 nitrogen and oxygen atoms in total. The highest BCUT2D eigenvalue weighted by molar-refractivity contribution is 9.12. The molecule has 1 saturated heterocycles. The van der Waals surface area contributed by atoms with E-state index in [0.717, 1.165) is 24.0 Å². The van der Waals surface area contributed by atoms with E-state index in [2.05, 4.69) is 48.9 Å². The lowest BCUT2D eigenvalue weighted by molar-refractivity contribution is -0.118. The predicted molar refractivity (Wildman–Crippen MR) is 77.7 cm³/mol. The summed E-state index contributed by atoms with van der Waals surface area (Å²) in [6.07, 6.45) is 8.19. The van der Waals surface area contributed by atoms with Gasteiger partial charge in [0.05, 0.1) is 14.7 Å². The maximum absolute atomic E-state index is 12.6. The number of hydrogen-bond acceptors (Lipinski definition) is 2. The number of allylic oxidation sites excluding steroid dienone is 4. The molecule has 4 aliphatic rings. The lowest BCUT2D eigenvalue weighted by atomic mass is 9.83. The summed E-state index contributed by atoms with van der Waals surface area (Å²) in [6, 6.07) is 0. The minimum absolute atomic E-state index is 0.118. The molecular weight excluding hydrogens is 358 g/mol. The first-order chi connectivity index (χ1) is 8.64. The molecule has 0 aromatic carbocycles. The van der Waals surface area contributed by atoms with E-state index in [0.29, 0.717) is 17.6 Å². The third-order valence-electron chi connectivity index (χ3n) is 5.03. The number of carbonyl (C=O) groups excluding carboxylic acids is 1. The van der Waals surface area contributed by atoms with E-state index in [1.54, 1.807) is 0 Å². The summed E-state index contributed by atoms with van der Waals surface area (Å²) in [6.45, 7) is 2.19. The maximum Gasteiger partial charge on any atom is 0.177 e. The van der Waals surface area contributed by atoms with Crippen LogP contribution in [0.25, 0.3) is 0 Å². The molecule has 4 unspecified atom stereocenters. The lowest BCUT2D eigenvalue weighted by Gasteiger charge is -2.37. The first-order valence-corrected chi connectivity index (χ1v) is 8.29. The Morgan fingerprint density at radius 3 is 2.72 bits per heavy atom. The van der Waals surface area contributed by atoms with E-state index in [9.17, 15) is 4.79 Å². The van der Waals surface area contributed by atoms with Crippen molar-refractivity contribution in [3.8, 4) is 0 Å². The number of halogens is 2. The van der Waals surface area contributed by atoms with Crippen molar-refractivity contribution in [2.24, 2.45) is 17.8 Å². The van der Waals surface area contributed by atoms with E-state index < -0.39 is 0 Å². The molecule has 4 rings (SSSR count). The van der Waals surface area contributed by atoms with Gasteiger partial charge in [0.15, 0.2) is 5.78 Å². The summed E-state index contributed by atoms with van der Waals surface area (Å²) in [5.74, 6) is 1.36. The fraction of sp³-hybridized carbons (Fsp3) is 0.643. The van der Waals surface area contributed by atoms with Gasteiger partial charge in [-0.3, -0.25) is 4.79 Å². The van der Waals surface area contributed by atoms with Gasteiger partial charge in [0.25, 0.3) is 0 Å². The Labute approximate surface area is 124 Å². The number of carbonyl (C=O) groups is 1. The van der Waals surface area contributed by atoms with Gasteiger partial charge in [-0.2, -0.15) is 0 Å². The number of fused-ring (bicyclic) bond motifs is 5. The number of rotatable bonds is 1. The van der Waals surface area contributed by atoms with Crippen molar-refractivity contribution in [1.29, 1.82) is 0 Å². The third kappa shape index (κ3) is 1.22. The highest BCUT2D eigenvalue weighted by Crippen LogP contribution is 2.64. The van der Waals surface area contributed by atoms with Crippen LogP contribution in [0.1, 0.15) is 19.3 Å². The number of Topliss-reactive ketones (excluding diaryl/α,β-unsaturated/α-hetero) is 1. The molecule has 1 saturated carbocycles. The highest BCUT2D eigenvalue weighted by Gasteiger charge is 2.65. The maximum atomic E-state index is 12.6. The molecule has 0 amide bonds. The molecule has 1 aliphatic heterocycles. The second kappa shape index (κ2) is 3.72. The van der Waals surface area contributed by atoms with Gasteiger partial charge in [-0.25, -0.2) is 0 Å². The van der Waals surface area contributed by atoms with Gasteiger partial charge in [-0.15, -0.1) is 0 Å². The monoisotopic (exact) mass is 371 g/mol. The zero-order chi connectivity index (χ0) is 12.5. The molecule has 96 valence electrons. The second-order valence-corrected chi connectivity index (χ2v) is 7.96. The molecule has 2 fully saturated rings. The Morgan fingerprint density at radius 1 is 1.28 bits per heavy atom. The number of likely N-dealkylation sites (tertiary alicyclic amines) is 1. The summed E-state index contributed by atoms with van der Waals surface area (Å²) in [4.78, 5) is 15.0. The Bertz CT molecular complexity index is 492. The third-order valence-corrected chi connectivity index (χ3v) is 7.25. The molecule has 18 heavy (non-hydrogen) atoms. The zero-order valence-electron chi connectivity index (χ0n) is 10.0. The summed E-state index contributed by atoms with van der Waals surface area (Å²) in [7, 11) is 0. The molecule has 0 aromatic rings. The molecule has 2 bridgehead atoms. The molecular formula is C14H15Br2NO. The fourth-order valence-electron chi connectivity index (χ4n) is 4.28. The largest absolute Gasteiger partial charge is 0.373 e. The first-order valence-electron chi connectivity index (χ1n) is 6.70. The van der Waals surface area contributed by atoms with Crippen LogP contribution >= 0.6 is 31.9 Å². The number of alkyl halides is 1. The van der Waals surface area contributed by atoms with Crippen LogP contribution in [-0.2, 0) is 4.79 Å². The number of hydrogen-bond donors (Lipinski definition) is 0. The fourth-order valence-corrected chi connectivity index (χ4v) is 6.71. The quantitative estimate of drug-likeness (QED) is 0.520. The summed E-state index contributed by atoms with van der Waals surface area (Å²) < 4.78 is 0.719. The van der Waals surface area contributed by atoms with Crippen LogP contribution < -0.4 is 0 Å². The van der Waals surface area contributed by atoms with Gasteiger partial charge >= 0.3 is 0 Å². The van der Waals surface area contributed by atoms with Crippen molar-refractivity contribution in [2.75, 3.05) is 13.1 Å². The number of ketones is 1. The van der Waals surface area contributed by atoms with Crippen LogP contribution in [0, 0.1) is 17.8 Å². The molecule has 3 aliphatic carbocycles. The molecule has 1 heterocycles. The zero-order valence-corrected chi connectivity index (χ0v) is 13.2. The van der Waals surface area contributed by atoms with E-state index in [1.807, 2.05) is 0 Å². The molecule has 0 spiro atoms. The molecule has 4 heteroatoms. The SMILES string of the molecule is O=C1C(Br)=C(N2CCCC2)C2(Br)C3C=CC(C3)C12. The summed E-state index contributed by atoms with van der Waals surface area (Å²) >= 11 is 7.57. The van der Waals surface area contributed by atoms with E-state index >= 15 is 0 Å². The Hall–Kier alpha value is -0.0900. The standard InChI is InChI=1S/C14H15Br2NO/c15-11-12(18)10-8-3-4-9(7-8)14(10,16)13(11)17-5-1-2-6-17/h3-4,8-10H,1-2,5-7H2. The van der Waals surface area contributed by atoms with Gasteiger partial charge < -0.3 is 4.90 Å². The Kier molecular flexibility index (Phi) is 2.42. The highest BCUT2D eigenvalue weighted by atomic mass is 79.9. The van der Waals surface area contributed by atoms with Crippen LogP contribution in [0.3, 0.4) is 0 Å². The van der Waals surface area contributed by atoms with Crippen molar-refractivity contribution in [3.63, 3.8) is 0 Å². The molecule has 0 N–H and O–H groups in total. The lowest BCUT2D eigenvalue weighted by Crippen LogP contribution is -2.41. The Morgan fingerprint density at radius 2 is 2.00 bits per heavy atom. The van der Waals surface area contributed by atoms with Crippen LogP contribution in [0.4, 0.5) is 0 Å². The van der Waals surface area contributed by atoms with Crippen LogP contribution in [0.5, 0.6) is 0 Å². The first kappa shape index (κ1) is 11.7. The van der Waals surface area contributed by atoms with Gasteiger partial charge in [0.1, 0.15) is 0 Å². The van der Waals surface area contributed by atoms with Crippen molar-refractivity contribution in [3.05, 3.63) is 22.3 Å². The minimum Gasteiger partial charge on any atom is -0.373 e. The smallest absolute Gasteiger partial charge is 0.177 e. The van der Waals surface area contributed by atoms with E-state index in [-0.39, 0.29) is 10.2 Å². The topological polar surface area (TPSA) is 20.3 Å². The van der Waals surface area contributed by atoms with Crippen LogP contribution in [-0.4, -0.2) is 28.1 Å². The Balaban J connectivity index is 1.84. The van der Waals surface area contributed by atoms with Crippen LogP contribution in [0.2, 0.25) is 0 Å². The van der Waals surface area contributed by atoms with Crippen LogP contribution in [0.15, 0.2) is 22.3 Å². The van der Waals surface area contributed by atoms with Crippen molar-refractivity contribution in [2.45, 2.75) is 23.6 Å². The van der Waals surface area contributed by atoms with Gasteiger partial charge in [0.2, 0.25) is 0 Å². The minimum atomic E-state index is -0.118. The molecule has 4 atom stereocenters. The predicted octanol–water partition coefficient (Wildman–Crippen LogP) is 3.23. The van der Waals surface area contributed by atoms with Crippen molar-refractivity contribution < 1.29 is 4.79 Å². The van der Waals surface area contributed by atoms with E-state index in [4.69, 9.17) is 0 Å². The van der Waals surface area contributed by atoms with Gasteiger partial charge in [-0.05, 0) is 47.0 Å². The van der Waals surface area contributed by atoms with Crippen molar-refractivity contribution >= 4 is 37.6 Å². The molecule has 0 aromatic heterocycles. The van der Waals surface area contributed by atoms with Gasteiger partial charge in [0, 0.05) is 18.8 Å². The normalized spacial score (nSPS) is 45.6. The number of nitrogens with zero attached hydrogens (tertiary/aromatic N) is 1. The second-order valence-electron chi connectivity index (χ2n) is 5.86. The van der Waals surface area contributed by atoms with E-state index in [1.165, 1.54) is 18.5 Å². The average molecular weight is 373 g/mol. The average Bonchev–Trinajstić information content (AvgIpc) is 3.04. The van der Waals surface area contributed by atoms with Gasteiger partial charge in [-0.1, -0.05) is 28.1 Å². The van der Waals surface area contributed by atoms with Crippen molar-refractivity contribution in [1.82, 2.24) is 4.90 Å².